The maximum Gasteiger partial charge on any atom is 0.351 e. The Bertz CT molecular complexity index is 1090. The lowest BCUT2D eigenvalue weighted by Crippen LogP contribution is -2.14. The summed E-state index contributed by atoms with van der Waals surface area (Å²) in [5.41, 5.74) is 2.30. The lowest BCUT2D eigenvalue weighted by atomic mass is 10.1. The number of tetrazole rings is 1. The summed E-state index contributed by atoms with van der Waals surface area (Å²) in [6.07, 6.45) is -0.631. The van der Waals surface area contributed by atoms with E-state index in [1.807, 2.05) is 67.6 Å². The van der Waals surface area contributed by atoms with Gasteiger partial charge in [0.05, 0.1) is 16.4 Å². The predicted octanol–water partition coefficient (Wildman–Crippen LogP) is 4.01. The number of hydrogen-bond donors (Lipinski definition) is 0. The first kappa shape index (κ1) is 18.0. The Labute approximate surface area is 165 Å². The Hall–Kier alpha value is -3.39. The van der Waals surface area contributed by atoms with Crippen molar-refractivity contribution < 1.29 is 9.53 Å². The number of carbonyl (C=O) groups is 1. The van der Waals surface area contributed by atoms with Gasteiger partial charge < -0.3 is 4.74 Å². The average molecular weight is 391 g/mol. The molecule has 2 aromatic heterocycles. The molecule has 0 fully saturated rings. The molecule has 2 aromatic carbocycles. The number of carbonyl (C=O) groups excluding carboxylic acids is 1. The standard InChI is InChI=1S/C20H17N5O2S/c1-13(19-22-23-24-25(19)16-11-7-4-8-12-16)27-20(26)18-17(21-14(2)28-18)15-9-5-3-6-10-15/h3-13H,1-2H3/t13-/m0/s1. The van der Waals surface area contributed by atoms with Gasteiger partial charge in [-0.2, -0.15) is 4.68 Å². The van der Waals surface area contributed by atoms with Crippen molar-refractivity contribution in [1.82, 2.24) is 25.2 Å². The number of esters is 1. The fraction of sp³-hybridized carbons (Fsp3) is 0.150. The third-order valence-electron chi connectivity index (χ3n) is 4.11. The van der Waals surface area contributed by atoms with Crippen LogP contribution in [-0.2, 0) is 4.74 Å². The quantitative estimate of drug-likeness (QED) is 0.478. The monoisotopic (exact) mass is 391 g/mol. The topological polar surface area (TPSA) is 82.8 Å². The van der Waals surface area contributed by atoms with E-state index in [0.717, 1.165) is 16.3 Å². The molecule has 8 heteroatoms. The summed E-state index contributed by atoms with van der Waals surface area (Å²) in [6, 6.07) is 19.1. The number of thiazole rings is 1. The molecule has 0 radical (unpaired) electrons. The van der Waals surface area contributed by atoms with Crippen molar-refractivity contribution in [2.75, 3.05) is 0 Å². The molecule has 4 rings (SSSR count). The summed E-state index contributed by atoms with van der Waals surface area (Å²) in [4.78, 5) is 17.9. The molecule has 28 heavy (non-hydrogen) atoms. The van der Waals surface area contributed by atoms with Crippen molar-refractivity contribution in [2.24, 2.45) is 0 Å². The van der Waals surface area contributed by atoms with E-state index in [-0.39, 0.29) is 0 Å². The van der Waals surface area contributed by atoms with Crippen molar-refractivity contribution in [3.63, 3.8) is 0 Å². The third kappa shape index (κ3) is 3.54. The van der Waals surface area contributed by atoms with E-state index in [4.69, 9.17) is 4.74 Å². The molecule has 7 nitrogen and oxygen atoms in total. The van der Waals surface area contributed by atoms with E-state index >= 15 is 0 Å². The highest BCUT2D eigenvalue weighted by atomic mass is 32.1. The van der Waals surface area contributed by atoms with Crippen LogP contribution in [0, 0.1) is 6.92 Å². The number of rotatable bonds is 5. The fourth-order valence-corrected chi connectivity index (χ4v) is 3.65. The van der Waals surface area contributed by atoms with E-state index < -0.39 is 12.1 Å². The SMILES string of the molecule is Cc1nc(-c2ccccc2)c(C(=O)O[C@@H](C)c2nnnn2-c2ccccc2)s1. The van der Waals surface area contributed by atoms with Crippen molar-refractivity contribution in [2.45, 2.75) is 20.0 Å². The minimum Gasteiger partial charge on any atom is -0.450 e. The van der Waals surface area contributed by atoms with Crippen LogP contribution in [-0.4, -0.2) is 31.2 Å². The number of aromatic nitrogens is 5. The predicted molar refractivity (Wildman–Crippen MR) is 105 cm³/mol. The molecule has 0 saturated heterocycles. The first-order valence-corrected chi connectivity index (χ1v) is 9.52. The van der Waals surface area contributed by atoms with Gasteiger partial charge in [0.25, 0.3) is 0 Å². The van der Waals surface area contributed by atoms with Crippen molar-refractivity contribution in [3.8, 4) is 16.9 Å². The van der Waals surface area contributed by atoms with Crippen LogP contribution in [0.1, 0.15) is 33.5 Å². The highest BCUT2D eigenvalue weighted by Gasteiger charge is 2.25. The first-order chi connectivity index (χ1) is 13.6. The maximum absolute atomic E-state index is 12.9. The van der Waals surface area contributed by atoms with Crippen LogP contribution >= 0.6 is 11.3 Å². The molecule has 0 amide bonds. The van der Waals surface area contributed by atoms with Crippen LogP contribution in [0.15, 0.2) is 60.7 Å². The summed E-state index contributed by atoms with van der Waals surface area (Å²) in [7, 11) is 0. The molecule has 4 aromatic rings. The summed E-state index contributed by atoms with van der Waals surface area (Å²) < 4.78 is 7.25. The van der Waals surface area contributed by atoms with Gasteiger partial charge in [-0.25, -0.2) is 9.78 Å². The van der Waals surface area contributed by atoms with Crippen molar-refractivity contribution in [3.05, 3.63) is 76.4 Å². The summed E-state index contributed by atoms with van der Waals surface area (Å²) in [5, 5.41) is 12.6. The van der Waals surface area contributed by atoms with E-state index in [0.29, 0.717) is 16.4 Å². The van der Waals surface area contributed by atoms with Gasteiger partial charge in [0.15, 0.2) is 11.9 Å². The molecule has 0 aliphatic carbocycles. The molecule has 1 atom stereocenters. The lowest BCUT2D eigenvalue weighted by molar-refractivity contribution is 0.0321. The second-order valence-corrected chi connectivity index (χ2v) is 7.31. The van der Waals surface area contributed by atoms with Crippen molar-refractivity contribution in [1.29, 1.82) is 0 Å². The number of para-hydroxylation sites is 1. The average Bonchev–Trinajstić information content (AvgIpc) is 3.36. The largest absolute Gasteiger partial charge is 0.450 e. The second kappa shape index (κ2) is 7.69. The zero-order valence-electron chi connectivity index (χ0n) is 15.3. The van der Waals surface area contributed by atoms with Gasteiger partial charge in [-0.05, 0) is 36.4 Å². The zero-order valence-corrected chi connectivity index (χ0v) is 16.1. The maximum atomic E-state index is 12.9. The molecule has 0 bridgehead atoms. The molecule has 0 aliphatic heterocycles. The Morgan fingerprint density at radius 1 is 1.07 bits per heavy atom. The normalized spacial score (nSPS) is 11.9. The number of benzene rings is 2. The summed E-state index contributed by atoms with van der Waals surface area (Å²) in [5.74, 6) is 0.00149. The minimum absolute atomic E-state index is 0.445. The van der Waals surface area contributed by atoms with Gasteiger partial charge >= 0.3 is 5.97 Å². The van der Waals surface area contributed by atoms with Crippen LogP contribution in [0.3, 0.4) is 0 Å². The van der Waals surface area contributed by atoms with Gasteiger partial charge in [-0.3, -0.25) is 0 Å². The molecule has 0 N–H and O–H groups in total. The second-order valence-electron chi connectivity index (χ2n) is 6.11. The van der Waals surface area contributed by atoms with E-state index in [2.05, 4.69) is 20.5 Å². The van der Waals surface area contributed by atoms with E-state index in [1.165, 1.54) is 11.3 Å². The Morgan fingerprint density at radius 2 is 1.75 bits per heavy atom. The molecule has 0 spiro atoms. The van der Waals surface area contributed by atoms with Gasteiger partial charge in [0.1, 0.15) is 4.88 Å². The van der Waals surface area contributed by atoms with E-state index in [1.54, 1.807) is 11.6 Å². The molecule has 0 unspecified atom stereocenters. The molecule has 0 aliphatic rings. The number of hydrogen-bond acceptors (Lipinski definition) is 7. The van der Waals surface area contributed by atoms with Crippen LogP contribution in [0.4, 0.5) is 0 Å². The number of ether oxygens (including phenoxy) is 1. The highest BCUT2D eigenvalue weighted by molar-refractivity contribution is 7.14. The number of nitrogens with zero attached hydrogens (tertiary/aromatic N) is 5. The fourth-order valence-electron chi connectivity index (χ4n) is 2.82. The Morgan fingerprint density at radius 3 is 2.46 bits per heavy atom. The highest BCUT2D eigenvalue weighted by Crippen LogP contribution is 2.30. The molecular formula is C20H17N5O2S. The number of aryl methyl sites for hydroxylation is 1. The first-order valence-electron chi connectivity index (χ1n) is 8.71. The summed E-state index contributed by atoms with van der Waals surface area (Å²) >= 11 is 1.31. The van der Waals surface area contributed by atoms with Crippen molar-refractivity contribution >= 4 is 17.3 Å². The molecule has 0 saturated carbocycles. The van der Waals surface area contributed by atoms with Crippen LogP contribution in [0.25, 0.3) is 16.9 Å². The third-order valence-corrected chi connectivity index (χ3v) is 5.06. The molecular weight excluding hydrogens is 374 g/mol. The van der Waals surface area contributed by atoms with E-state index in [9.17, 15) is 4.79 Å². The van der Waals surface area contributed by atoms with Crippen LogP contribution in [0.2, 0.25) is 0 Å². The van der Waals surface area contributed by atoms with Crippen LogP contribution in [0.5, 0.6) is 0 Å². The summed E-state index contributed by atoms with van der Waals surface area (Å²) in [6.45, 7) is 3.62. The molecule has 2 heterocycles. The smallest absolute Gasteiger partial charge is 0.351 e. The zero-order chi connectivity index (χ0) is 19.5. The van der Waals surface area contributed by atoms with Gasteiger partial charge in [-0.15, -0.1) is 16.4 Å². The lowest BCUT2D eigenvalue weighted by Gasteiger charge is -2.13. The molecule has 140 valence electrons. The van der Waals surface area contributed by atoms with Crippen LogP contribution < -0.4 is 0 Å². The Balaban J connectivity index is 1.60. The van der Waals surface area contributed by atoms with Gasteiger partial charge in [-0.1, -0.05) is 48.5 Å². The van der Waals surface area contributed by atoms with Gasteiger partial charge in [0.2, 0.25) is 0 Å². The minimum atomic E-state index is -0.631. The Kier molecular flexibility index (Phi) is 4.94. The van der Waals surface area contributed by atoms with Gasteiger partial charge in [0, 0.05) is 5.56 Å².